The van der Waals surface area contributed by atoms with Gasteiger partial charge in [-0.1, -0.05) is 12.1 Å². The van der Waals surface area contributed by atoms with Gasteiger partial charge in [0.1, 0.15) is 11.6 Å². The number of aromatic carboxylic acids is 1. The van der Waals surface area contributed by atoms with Crippen LogP contribution in [0.3, 0.4) is 0 Å². The van der Waals surface area contributed by atoms with Gasteiger partial charge in [0, 0.05) is 34.5 Å². The summed E-state index contributed by atoms with van der Waals surface area (Å²) in [5.41, 5.74) is 1.67. The summed E-state index contributed by atoms with van der Waals surface area (Å²) in [4.78, 5) is 28.0. The normalized spacial score (nSPS) is 10.4. The summed E-state index contributed by atoms with van der Waals surface area (Å²) < 4.78 is 28.8. The minimum atomic E-state index is -1.06. The number of nitrogens with zero attached hydrogens (tertiary/aromatic N) is 2. The Morgan fingerprint density at radius 2 is 1.77 bits per heavy atom. The van der Waals surface area contributed by atoms with Crippen LogP contribution in [0, 0.1) is 18.6 Å². The Balaban J connectivity index is 0.00000240. The first kappa shape index (κ1) is 24.5. The standard InChI is InChI=1S/C20H13F2N3O3.2Na.2H/c1-10-18(14-7-6-13(21)8-15(14)22)19-23-16(9-17(26)25(19)24-10)11-2-4-12(5-3-11)20(27)28;;;;/h2-9,24H,1H3,(H,27,28);;;;/q;2*+1;2*-1. The fourth-order valence-electron chi connectivity index (χ4n) is 3.10. The number of hydrogen-bond acceptors (Lipinski definition) is 3. The van der Waals surface area contributed by atoms with E-state index < -0.39 is 23.2 Å². The molecular formula is C20H15F2N3Na2O3. The van der Waals surface area contributed by atoms with Gasteiger partial charge in [-0.3, -0.25) is 9.89 Å². The average molecular weight is 429 g/mol. The van der Waals surface area contributed by atoms with Crippen LogP contribution in [-0.2, 0) is 0 Å². The number of H-pyrrole nitrogens is 1. The monoisotopic (exact) mass is 429 g/mol. The molecule has 0 spiro atoms. The van der Waals surface area contributed by atoms with Gasteiger partial charge in [-0.2, -0.15) is 0 Å². The average Bonchev–Trinajstić information content (AvgIpc) is 2.98. The van der Waals surface area contributed by atoms with E-state index in [0.717, 1.165) is 12.1 Å². The van der Waals surface area contributed by atoms with Gasteiger partial charge >= 0.3 is 65.1 Å². The van der Waals surface area contributed by atoms with Crippen molar-refractivity contribution in [2.75, 3.05) is 0 Å². The van der Waals surface area contributed by atoms with E-state index in [2.05, 4.69) is 10.1 Å². The number of fused-ring (bicyclic) bond motifs is 1. The third-order valence-corrected chi connectivity index (χ3v) is 4.42. The number of carbonyl (C=O) groups is 1. The van der Waals surface area contributed by atoms with E-state index in [0.29, 0.717) is 22.5 Å². The summed E-state index contributed by atoms with van der Waals surface area (Å²) >= 11 is 0. The van der Waals surface area contributed by atoms with Gasteiger partial charge in [0.2, 0.25) is 0 Å². The van der Waals surface area contributed by atoms with Crippen LogP contribution in [0.2, 0.25) is 0 Å². The van der Waals surface area contributed by atoms with Crippen LogP contribution < -0.4 is 64.7 Å². The van der Waals surface area contributed by atoms with Crippen molar-refractivity contribution in [2.24, 2.45) is 0 Å². The second kappa shape index (κ2) is 9.55. The maximum atomic E-state index is 14.3. The maximum Gasteiger partial charge on any atom is 1.00 e. The van der Waals surface area contributed by atoms with Crippen LogP contribution in [0.25, 0.3) is 28.0 Å². The van der Waals surface area contributed by atoms with Crippen LogP contribution in [0.4, 0.5) is 8.78 Å². The molecule has 0 aliphatic heterocycles. The van der Waals surface area contributed by atoms with Crippen molar-refractivity contribution in [3.05, 3.63) is 81.8 Å². The molecule has 0 atom stereocenters. The summed E-state index contributed by atoms with van der Waals surface area (Å²) in [6.45, 7) is 1.66. The molecule has 144 valence electrons. The van der Waals surface area contributed by atoms with Gasteiger partial charge in [-0.05, 0) is 31.2 Å². The summed E-state index contributed by atoms with van der Waals surface area (Å²) in [6, 6.07) is 10.4. The van der Waals surface area contributed by atoms with Crippen molar-refractivity contribution in [3.8, 4) is 22.4 Å². The number of benzene rings is 2. The van der Waals surface area contributed by atoms with Crippen LogP contribution in [0.5, 0.6) is 0 Å². The minimum absolute atomic E-state index is 0. The number of carboxylic acids is 1. The van der Waals surface area contributed by atoms with Crippen molar-refractivity contribution in [1.29, 1.82) is 0 Å². The molecule has 0 saturated heterocycles. The molecule has 0 amide bonds. The summed E-state index contributed by atoms with van der Waals surface area (Å²) in [5.74, 6) is -2.54. The van der Waals surface area contributed by atoms with Crippen LogP contribution in [-0.4, -0.2) is 25.7 Å². The molecule has 30 heavy (non-hydrogen) atoms. The summed E-state index contributed by atoms with van der Waals surface area (Å²) in [5, 5.41) is 11.8. The zero-order chi connectivity index (χ0) is 20.0. The van der Waals surface area contributed by atoms with Crippen molar-refractivity contribution in [3.63, 3.8) is 0 Å². The molecule has 0 aliphatic carbocycles. The maximum absolute atomic E-state index is 14.3. The van der Waals surface area contributed by atoms with Gasteiger partial charge in [0.05, 0.1) is 11.3 Å². The molecule has 2 N–H and O–H groups in total. The SMILES string of the molecule is Cc1[nH]n2c(=O)cc(-c3ccc(C(=O)O)cc3)nc2c1-c1ccc(F)cc1F.[H-].[H-].[Na+].[Na+]. The Morgan fingerprint density at radius 3 is 2.37 bits per heavy atom. The van der Waals surface area contributed by atoms with Crippen molar-refractivity contribution in [1.82, 2.24) is 14.6 Å². The first-order chi connectivity index (χ1) is 13.3. The molecule has 0 aliphatic rings. The van der Waals surface area contributed by atoms with Crippen LogP contribution in [0.15, 0.2) is 53.3 Å². The van der Waals surface area contributed by atoms with E-state index >= 15 is 0 Å². The minimum Gasteiger partial charge on any atom is -1.00 e. The second-order valence-corrected chi connectivity index (χ2v) is 6.26. The van der Waals surface area contributed by atoms with Crippen LogP contribution >= 0.6 is 0 Å². The van der Waals surface area contributed by atoms with Crippen molar-refractivity contribution < 1.29 is 80.6 Å². The Hall–Kier alpha value is -1.81. The predicted molar refractivity (Wildman–Crippen MR) is 101 cm³/mol. The van der Waals surface area contributed by atoms with Gasteiger partial charge in [-0.15, -0.1) is 0 Å². The smallest absolute Gasteiger partial charge is 1.00 e. The first-order valence-electron chi connectivity index (χ1n) is 8.26. The quantitative estimate of drug-likeness (QED) is 0.365. The molecule has 2 aromatic carbocycles. The molecule has 2 aromatic heterocycles. The molecular weight excluding hydrogens is 414 g/mol. The number of carboxylic acid groups (broad SMARTS) is 1. The Morgan fingerprint density at radius 1 is 1.10 bits per heavy atom. The second-order valence-electron chi connectivity index (χ2n) is 6.26. The molecule has 0 unspecified atom stereocenters. The van der Waals surface area contributed by atoms with E-state index in [9.17, 15) is 18.4 Å². The fourth-order valence-corrected chi connectivity index (χ4v) is 3.10. The summed E-state index contributed by atoms with van der Waals surface area (Å²) in [7, 11) is 0. The van der Waals surface area contributed by atoms with Gasteiger partial charge in [0.25, 0.3) is 5.56 Å². The Bertz CT molecular complexity index is 1310. The number of rotatable bonds is 3. The van der Waals surface area contributed by atoms with E-state index in [1.807, 2.05) is 0 Å². The van der Waals surface area contributed by atoms with E-state index in [-0.39, 0.29) is 78.7 Å². The number of aromatic amines is 1. The third-order valence-electron chi connectivity index (χ3n) is 4.42. The summed E-state index contributed by atoms with van der Waals surface area (Å²) in [6.07, 6.45) is 0. The van der Waals surface area contributed by atoms with E-state index in [1.165, 1.54) is 28.8 Å². The molecule has 0 fully saturated rings. The van der Waals surface area contributed by atoms with Gasteiger partial charge in [0.15, 0.2) is 5.65 Å². The van der Waals surface area contributed by atoms with Gasteiger partial charge < -0.3 is 7.96 Å². The molecule has 4 rings (SSSR count). The zero-order valence-electron chi connectivity index (χ0n) is 18.5. The predicted octanol–water partition coefficient (Wildman–Crippen LogP) is -2.13. The topological polar surface area (TPSA) is 87.5 Å². The Kier molecular flexibility index (Phi) is 7.79. The van der Waals surface area contributed by atoms with Crippen molar-refractivity contribution >= 4 is 11.6 Å². The molecule has 0 bridgehead atoms. The fraction of sp³-hybridized carbons (Fsp3) is 0.0500. The largest absolute Gasteiger partial charge is 1.00 e. The molecule has 10 heteroatoms. The zero-order valence-corrected chi connectivity index (χ0v) is 20.5. The molecule has 2 heterocycles. The van der Waals surface area contributed by atoms with Crippen molar-refractivity contribution in [2.45, 2.75) is 6.92 Å². The third kappa shape index (κ3) is 4.44. The molecule has 0 saturated carbocycles. The van der Waals surface area contributed by atoms with E-state index in [1.54, 1.807) is 19.1 Å². The van der Waals surface area contributed by atoms with E-state index in [4.69, 9.17) is 5.11 Å². The Labute approximate surface area is 216 Å². The van der Waals surface area contributed by atoms with Gasteiger partial charge in [-0.25, -0.2) is 23.1 Å². The molecule has 6 nitrogen and oxygen atoms in total. The van der Waals surface area contributed by atoms with Crippen LogP contribution in [0.1, 0.15) is 18.9 Å². The molecule has 0 radical (unpaired) electrons. The first-order valence-corrected chi connectivity index (χ1v) is 8.26. The molecule has 4 aromatic rings. The number of halogens is 2. The number of aryl methyl sites for hydroxylation is 1. The number of hydrogen-bond donors (Lipinski definition) is 2. The number of aromatic nitrogens is 3. The number of nitrogens with one attached hydrogen (secondary N) is 1.